The first kappa shape index (κ1) is 20.6. The second kappa shape index (κ2) is 9.86. The van der Waals surface area contributed by atoms with Crippen molar-refractivity contribution in [3.8, 4) is 17.2 Å². The molecular formula is C22H26N4O3S. The van der Waals surface area contributed by atoms with Crippen LogP contribution in [0.4, 0.5) is 0 Å². The molecule has 0 N–H and O–H groups in total. The number of ether oxygens (including phenoxy) is 3. The van der Waals surface area contributed by atoms with Crippen molar-refractivity contribution in [1.29, 1.82) is 0 Å². The zero-order valence-electron chi connectivity index (χ0n) is 17.3. The summed E-state index contributed by atoms with van der Waals surface area (Å²) in [6.45, 7) is 3.33. The van der Waals surface area contributed by atoms with E-state index in [0.29, 0.717) is 26.4 Å². The van der Waals surface area contributed by atoms with Crippen LogP contribution in [0.3, 0.4) is 0 Å². The molecule has 158 valence electrons. The van der Waals surface area contributed by atoms with E-state index < -0.39 is 0 Å². The van der Waals surface area contributed by atoms with E-state index >= 15 is 0 Å². The van der Waals surface area contributed by atoms with Crippen LogP contribution in [0, 0.1) is 0 Å². The predicted octanol–water partition coefficient (Wildman–Crippen LogP) is 3.39. The number of benzene rings is 2. The first-order valence-corrected chi connectivity index (χ1v) is 10.9. The lowest BCUT2D eigenvalue weighted by Gasteiger charge is -2.21. The van der Waals surface area contributed by atoms with Gasteiger partial charge in [0.15, 0.2) is 16.7 Å². The van der Waals surface area contributed by atoms with Gasteiger partial charge in [0, 0.05) is 19.3 Å². The third kappa shape index (κ3) is 5.25. The molecule has 0 saturated carbocycles. The highest BCUT2D eigenvalue weighted by Crippen LogP contribution is 2.31. The van der Waals surface area contributed by atoms with Crippen molar-refractivity contribution in [2.24, 2.45) is 7.05 Å². The molecule has 0 radical (unpaired) electrons. The standard InChI is InChI=1S/C22H26N4O3S/c1-25(15-17-8-9-19-20(14-17)29-11-10-28-19)16-21-23-24-22(26(21)2)30-13-12-27-18-6-4-3-5-7-18/h3-9,14H,10-13,15-16H2,1-2H3. The summed E-state index contributed by atoms with van der Waals surface area (Å²) >= 11 is 1.65. The van der Waals surface area contributed by atoms with Crippen LogP contribution in [-0.2, 0) is 20.1 Å². The summed E-state index contributed by atoms with van der Waals surface area (Å²) in [4.78, 5) is 2.21. The Morgan fingerprint density at radius 1 is 1.03 bits per heavy atom. The molecule has 2 heterocycles. The Labute approximate surface area is 181 Å². The van der Waals surface area contributed by atoms with Crippen LogP contribution in [0.25, 0.3) is 0 Å². The molecule has 0 atom stereocenters. The van der Waals surface area contributed by atoms with Crippen molar-refractivity contribution < 1.29 is 14.2 Å². The van der Waals surface area contributed by atoms with Gasteiger partial charge in [0.1, 0.15) is 24.8 Å². The highest BCUT2D eigenvalue weighted by molar-refractivity contribution is 7.99. The number of aromatic nitrogens is 3. The number of rotatable bonds is 9. The number of fused-ring (bicyclic) bond motifs is 1. The van der Waals surface area contributed by atoms with Crippen LogP contribution in [0.2, 0.25) is 0 Å². The van der Waals surface area contributed by atoms with Crippen molar-refractivity contribution in [2.75, 3.05) is 32.6 Å². The normalized spacial score (nSPS) is 12.9. The molecule has 30 heavy (non-hydrogen) atoms. The highest BCUT2D eigenvalue weighted by atomic mass is 32.2. The van der Waals surface area contributed by atoms with Gasteiger partial charge in [-0.1, -0.05) is 36.0 Å². The third-order valence-electron chi connectivity index (χ3n) is 4.72. The molecule has 7 nitrogen and oxygen atoms in total. The van der Waals surface area contributed by atoms with Crippen LogP contribution in [0.1, 0.15) is 11.4 Å². The molecule has 0 aliphatic carbocycles. The minimum absolute atomic E-state index is 0.599. The topological polar surface area (TPSA) is 61.6 Å². The van der Waals surface area contributed by atoms with Gasteiger partial charge in [-0.2, -0.15) is 0 Å². The number of nitrogens with zero attached hydrogens (tertiary/aromatic N) is 4. The first-order valence-electron chi connectivity index (χ1n) is 9.95. The maximum absolute atomic E-state index is 5.74. The molecule has 0 spiro atoms. The SMILES string of the molecule is CN(Cc1ccc2c(c1)OCCO2)Cc1nnc(SCCOc2ccccc2)n1C. The van der Waals surface area contributed by atoms with Crippen molar-refractivity contribution >= 4 is 11.8 Å². The molecule has 1 aliphatic rings. The van der Waals surface area contributed by atoms with E-state index in [-0.39, 0.29) is 0 Å². The lowest BCUT2D eigenvalue weighted by molar-refractivity contribution is 0.171. The van der Waals surface area contributed by atoms with Gasteiger partial charge in [0.2, 0.25) is 0 Å². The first-order chi connectivity index (χ1) is 14.7. The van der Waals surface area contributed by atoms with Gasteiger partial charge in [0.25, 0.3) is 0 Å². The Kier molecular flexibility index (Phi) is 6.76. The van der Waals surface area contributed by atoms with Crippen molar-refractivity contribution in [2.45, 2.75) is 18.2 Å². The number of hydrogen-bond donors (Lipinski definition) is 0. The second-order valence-corrected chi connectivity index (χ2v) is 8.18. The monoisotopic (exact) mass is 426 g/mol. The highest BCUT2D eigenvalue weighted by Gasteiger charge is 2.14. The van der Waals surface area contributed by atoms with Gasteiger partial charge in [-0.15, -0.1) is 10.2 Å². The molecule has 0 fully saturated rings. The van der Waals surface area contributed by atoms with Gasteiger partial charge < -0.3 is 18.8 Å². The third-order valence-corrected chi connectivity index (χ3v) is 5.71. The van der Waals surface area contributed by atoms with Crippen molar-refractivity contribution in [1.82, 2.24) is 19.7 Å². The van der Waals surface area contributed by atoms with E-state index in [4.69, 9.17) is 14.2 Å². The van der Waals surface area contributed by atoms with Crippen LogP contribution < -0.4 is 14.2 Å². The number of para-hydroxylation sites is 1. The fourth-order valence-electron chi connectivity index (χ4n) is 3.21. The molecule has 2 aromatic carbocycles. The second-order valence-electron chi connectivity index (χ2n) is 7.12. The molecular weight excluding hydrogens is 400 g/mol. The predicted molar refractivity (Wildman–Crippen MR) is 116 cm³/mol. The van der Waals surface area contributed by atoms with E-state index in [1.807, 2.05) is 48.0 Å². The van der Waals surface area contributed by atoms with Crippen molar-refractivity contribution in [3.63, 3.8) is 0 Å². The quantitative estimate of drug-likeness (QED) is 0.384. The maximum atomic E-state index is 5.74. The van der Waals surface area contributed by atoms with Crippen molar-refractivity contribution in [3.05, 3.63) is 59.9 Å². The van der Waals surface area contributed by atoms with Gasteiger partial charge >= 0.3 is 0 Å². The smallest absolute Gasteiger partial charge is 0.191 e. The number of thioether (sulfide) groups is 1. The summed E-state index contributed by atoms with van der Waals surface area (Å²) in [5.41, 5.74) is 1.18. The maximum Gasteiger partial charge on any atom is 0.191 e. The van der Waals surface area contributed by atoms with Gasteiger partial charge in [-0.05, 0) is 36.9 Å². The van der Waals surface area contributed by atoms with Crippen LogP contribution in [0.15, 0.2) is 53.7 Å². The molecule has 0 unspecified atom stereocenters. The largest absolute Gasteiger partial charge is 0.493 e. The fraction of sp³-hybridized carbons (Fsp3) is 0.364. The average Bonchev–Trinajstić information content (AvgIpc) is 3.11. The fourth-order valence-corrected chi connectivity index (χ4v) is 3.96. The van der Waals surface area contributed by atoms with Gasteiger partial charge in [0.05, 0.1) is 13.2 Å². The Balaban J connectivity index is 1.27. The van der Waals surface area contributed by atoms with E-state index in [9.17, 15) is 0 Å². The van der Waals surface area contributed by atoms with Crippen LogP contribution in [-0.4, -0.2) is 52.3 Å². The van der Waals surface area contributed by atoms with E-state index in [1.165, 1.54) is 5.56 Å². The summed E-state index contributed by atoms with van der Waals surface area (Å²) in [6, 6.07) is 16.0. The van der Waals surface area contributed by atoms with Crippen LogP contribution in [0.5, 0.6) is 17.2 Å². The van der Waals surface area contributed by atoms with E-state index in [1.54, 1.807) is 11.8 Å². The Hall–Kier alpha value is -2.71. The zero-order valence-corrected chi connectivity index (χ0v) is 18.1. The van der Waals surface area contributed by atoms with Gasteiger partial charge in [-0.25, -0.2) is 0 Å². The minimum Gasteiger partial charge on any atom is -0.493 e. The minimum atomic E-state index is 0.599. The molecule has 0 saturated heterocycles. The lowest BCUT2D eigenvalue weighted by atomic mass is 10.2. The summed E-state index contributed by atoms with van der Waals surface area (Å²) in [5.74, 6) is 4.27. The summed E-state index contributed by atoms with van der Waals surface area (Å²) < 4.78 is 19.1. The Morgan fingerprint density at radius 2 is 1.83 bits per heavy atom. The summed E-state index contributed by atoms with van der Waals surface area (Å²) in [6.07, 6.45) is 0. The summed E-state index contributed by atoms with van der Waals surface area (Å²) in [5, 5.41) is 9.60. The average molecular weight is 427 g/mol. The van der Waals surface area contributed by atoms with Gasteiger partial charge in [-0.3, -0.25) is 4.90 Å². The van der Waals surface area contributed by atoms with Crippen LogP contribution >= 0.6 is 11.8 Å². The molecule has 0 amide bonds. The molecule has 1 aliphatic heterocycles. The Morgan fingerprint density at radius 3 is 2.67 bits per heavy atom. The molecule has 4 rings (SSSR count). The molecule has 3 aromatic rings. The summed E-state index contributed by atoms with van der Waals surface area (Å²) in [7, 11) is 4.08. The molecule has 1 aromatic heterocycles. The number of hydrogen-bond acceptors (Lipinski definition) is 7. The Bertz CT molecular complexity index is 964. The lowest BCUT2D eigenvalue weighted by Crippen LogP contribution is -2.20. The van der Waals surface area contributed by atoms with E-state index in [2.05, 4.69) is 34.3 Å². The molecule has 0 bridgehead atoms. The molecule has 8 heteroatoms. The zero-order chi connectivity index (χ0) is 20.8. The van der Waals surface area contributed by atoms with E-state index in [0.717, 1.165) is 40.5 Å².